The summed E-state index contributed by atoms with van der Waals surface area (Å²) in [6, 6.07) is 31.1. The Morgan fingerprint density at radius 3 is 1.46 bits per heavy atom. The Morgan fingerprint density at radius 2 is 1.00 bits per heavy atom. The van der Waals surface area contributed by atoms with E-state index in [1.807, 2.05) is 0 Å². The van der Waals surface area contributed by atoms with E-state index in [0.717, 1.165) is 23.3 Å². The van der Waals surface area contributed by atoms with Gasteiger partial charge in [-0.1, -0.05) is 0 Å². The summed E-state index contributed by atoms with van der Waals surface area (Å²) in [5.41, 5.74) is 3.45. The van der Waals surface area contributed by atoms with Gasteiger partial charge < -0.3 is 0 Å². The minimum absolute atomic E-state index is 0.331. The molecule has 4 heterocycles. The average Bonchev–Trinajstić information content (AvgIpc) is 3.69. The van der Waals surface area contributed by atoms with E-state index in [4.69, 9.17) is 14.1 Å². The summed E-state index contributed by atoms with van der Waals surface area (Å²) in [6.45, 7) is 7.13. The third kappa shape index (κ3) is 5.57. The molecule has 6 nitrogen and oxygen atoms in total. The van der Waals surface area contributed by atoms with Gasteiger partial charge in [-0.15, -0.1) is 0 Å². The zero-order valence-corrected chi connectivity index (χ0v) is 33.7. The van der Waals surface area contributed by atoms with Crippen molar-refractivity contribution in [2.75, 3.05) is 0 Å². The normalized spacial score (nSPS) is 34.3. The number of piperidine rings is 2. The molecule has 8 unspecified atom stereocenters. The molecule has 48 heavy (non-hydrogen) atoms. The third-order valence-electron chi connectivity index (χ3n) is 13.2. The Bertz CT molecular complexity index is 1480. The summed E-state index contributed by atoms with van der Waals surface area (Å²) >= 11 is -5.15. The number of hydrogen-bond acceptors (Lipinski definition) is 6. The van der Waals surface area contributed by atoms with E-state index in [1.54, 1.807) is 0 Å². The van der Waals surface area contributed by atoms with Crippen LogP contribution in [0.15, 0.2) is 78.9 Å². The summed E-state index contributed by atoms with van der Waals surface area (Å²) in [5.74, 6) is 3.50. The molecule has 250 valence electrons. The Kier molecular flexibility index (Phi) is 8.86. The quantitative estimate of drug-likeness (QED) is 0.181. The number of nitrogens with zero attached hydrogens (tertiary/aromatic N) is 2. The van der Waals surface area contributed by atoms with Crippen molar-refractivity contribution in [2.45, 2.75) is 127 Å². The van der Waals surface area contributed by atoms with Gasteiger partial charge in [0.2, 0.25) is 0 Å². The van der Waals surface area contributed by atoms with Crippen molar-refractivity contribution < 1.29 is 14.1 Å². The Labute approximate surface area is 299 Å². The standard InChI is InChI=1S/C20H18O2.2C10H17NO.2Ga/c1-20(15-5-3-2-4-6-15,16-7-11-18(21)12-8-16)17-9-13-19(22)14-10-17;2*1-7-5-6-8-3-2-4-9(12)10(8)11-7;;/h2-14,21-22H,1H3;2*7-10H,2-6H2,1H3;;/q;2*-2;2*+3/p-2. The van der Waals surface area contributed by atoms with E-state index < -0.39 is 34.4 Å². The molecule has 0 N–H and O–H groups in total. The second-order valence-corrected chi connectivity index (χ2v) is 23.1. The van der Waals surface area contributed by atoms with Crippen LogP contribution in [0.25, 0.3) is 0 Å². The first-order valence-corrected chi connectivity index (χ1v) is 25.1. The van der Waals surface area contributed by atoms with Gasteiger partial charge in [-0.3, -0.25) is 0 Å². The molecule has 4 saturated heterocycles. The fourth-order valence-electron chi connectivity index (χ4n) is 10.6. The van der Waals surface area contributed by atoms with Crippen molar-refractivity contribution in [3.63, 3.8) is 0 Å². The summed E-state index contributed by atoms with van der Waals surface area (Å²) in [4.78, 5) is 0. The van der Waals surface area contributed by atoms with Crippen LogP contribution >= 0.6 is 0 Å². The van der Waals surface area contributed by atoms with Crippen LogP contribution in [0.5, 0.6) is 11.5 Å². The van der Waals surface area contributed by atoms with Gasteiger partial charge in [0.05, 0.1) is 0 Å². The Morgan fingerprint density at radius 1 is 0.562 bits per heavy atom. The molecule has 2 aliphatic carbocycles. The van der Waals surface area contributed by atoms with Crippen molar-refractivity contribution in [3.8, 4) is 11.5 Å². The van der Waals surface area contributed by atoms with Crippen molar-refractivity contribution in [1.82, 2.24) is 7.21 Å². The fraction of sp³-hybridized carbons (Fsp3) is 0.550. The molecular formula is C40H50Ga2N2O4. The first kappa shape index (κ1) is 32.3. The van der Waals surface area contributed by atoms with Gasteiger partial charge in [-0.05, 0) is 0 Å². The molecule has 0 amide bonds. The molecule has 6 fully saturated rings. The van der Waals surface area contributed by atoms with Crippen LogP contribution in [-0.4, -0.2) is 78.0 Å². The van der Waals surface area contributed by atoms with Crippen LogP contribution in [0.3, 0.4) is 0 Å². The molecule has 0 aromatic heterocycles. The van der Waals surface area contributed by atoms with Gasteiger partial charge in [0.15, 0.2) is 0 Å². The first-order chi connectivity index (χ1) is 23.5. The second kappa shape index (κ2) is 13.2. The van der Waals surface area contributed by atoms with Crippen molar-refractivity contribution >= 4 is 34.4 Å². The zero-order chi connectivity index (χ0) is 32.4. The monoisotopic (exact) mass is 760 g/mol. The van der Waals surface area contributed by atoms with Gasteiger partial charge in [0, 0.05) is 0 Å². The molecule has 0 spiro atoms. The van der Waals surface area contributed by atoms with Gasteiger partial charge in [0.25, 0.3) is 0 Å². The Balaban J connectivity index is 0.956. The van der Waals surface area contributed by atoms with Crippen LogP contribution in [0.2, 0.25) is 0 Å². The molecule has 6 aliphatic rings. The number of rotatable bonds is 7. The van der Waals surface area contributed by atoms with E-state index in [0.29, 0.717) is 36.4 Å². The summed E-state index contributed by atoms with van der Waals surface area (Å²) < 4.78 is 32.6. The topological polar surface area (TPSA) is 43.4 Å². The molecule has 3 aromatic carbocycles. The predicted octanol–water partition coefficient (Wildman–Crippen LogP) is 7.87. The molecule has 9 rings (SSSR count). The molecule has 2 saturated carbocycles. The molecule has 0 radical (unpaired) electrons. The first-order valence-electron chi connectivity index (χ1n) is 18.9. The molecule has 8 heteroatoms. The third-order valence-corrected chi connectivity index (χ3v) is 23.3. The van der Waals surface area contributed by atoms with Crippen LogP contribution in [0.4, 0.5) is 0 Å². The maximum atomic E-state index is 6.82. The van der Waals surface area contributed by atoms with Crippen molar-refractivity contribution in [2.24, 2.45) is 11.8 Å². The van der Waals surface area contributed by atoms with Gasteiger partial charge >= 0.3 is 301 Å². The maximum absolute atomic E-state index is 6.82. The SMILES string of the molecule is CC1CCC2CCCC3[O][Ga]([O]c4ccc(C(C)(c5ccccc5)c5ccc([O][Ga]6[O]C7CCCC8CCC(C)[N]6C87)cc5)cc4)[N]1C23. The molecule has 3 aromatic rings. The zero-order valence-electron chi connectivity index (χ0n) is 28.9. The van der Waals surface area contributed by atoms with Gasteiger partial charge in [-0.25, -0.2) is 0 Å². The van der Waals surface area contributed by atoms with Crippen LogP contribution in [0.1, 0.15) is 102 Å². The van der Waals surface area contributed by atoms with E-state index in [1.165, 1.54) is 80.9 Å². The van der Waals surface area contributed by atoms with E-state index >= 15 is 0 Å². The van der Waals surface area contributed by atoms with Crippen LogP contribution in [-0.2, 0) is 12.5 Å². The van der Waals surface area contributed by atoms with Crippen molar-refractivity contribution in [3.05, 3.63) is 95.6 Å². The van der Waals surface area contributed by atoms with Crippen LogP contribution in [0, 0.1) is 11.8 Å². The molecule has 8 atom stereocenters. The van der Waals surface area contributed by atoms with Gasteiger partial charge in [-0.2, -0.15) is 0 Å². The molecule has 4 aliphatic heterocycles. The molecule has 0 bridgehead atoms. The van der Waals surface area contributed by atoms with E-state index in [-0.39, 0.29) is 5.41 Å². The van der Waals surface area contributed by atoms with Crippen molar-refractivity contribution in [1.29, 1.82) is 0 Å². The number of benzene rings is 3. The second-order valence-electron chi connectivity index (χ2n) is 15.8. The number of hydrogen-bond donors (Lipinski definition) is 0. The average molecular weight is 762 g/mol. The fourth-order valence-corrected chi connectivity index (χ4v) is 21.4. The predicted molar refractivity (Wildman–Crippen MR) is 191 cm³/mol. The van der Waals surface area contributed by atoms with E-state index in [9.17, 15) is 0 Å². The Hall–Kier alpha value is -1.63. The minimum atomic E-state index is -2.57. The molecular weight excluding hydrogens is 712 g/mol. The van der Waals surface area contributed by atoms with Crippen LogP contribution < -0.4 is 7.06 Å². The van der Waals surface area contributed by atoms with E-state index in [2.05, 4.69) is 107 Å². The summed E-state index contributed by atoms with van der Waals surface area (Å²) in [6.07, 6.45) is 13.8. The van der Waals surface area contributed by atoms with Gasteiger partial charge in [0.1, 0.15) is 0 Å². The summed E-state index contributed by atoms with van der Waals surface area (Å²) in [5, 5.41) is 0. The summed E-state index contributed by atoms with van der Waals surface area (Å²) in [7, 11) is 0.